The van der Waals surface area contributed by atoms with Crippen LogP contribution in [-0.2, 0) is 11.2 Å². The van der Waals surface area contributed by atoms with Gasteiger partial charge >= 0.3 is 0 Å². The maximum atomic E-state index is 12.2. The molecular weight excluding hydrogens is 288 g/mol. The quantitative estimate of drug-likeness (QED) is 0.847. The summed E-state index contributed by atoms with van der Waals surface area (Å²) >= 11 is 0. The average molecular weight is 304 g/mol. The first kappa shape index (κ1) is 14.2. The van der Waals surface area contributed by atoms with Crippen LogP contribution in [-0.4, -0.2) is 34.8 Å². The Morgan fingerprint density at radius 3 is 2.73 bits per heavy atom. The van der Waals surface area contributed by atoms with E-state index in [1.165, 1.54) is 0 Å². The lowest BCUT2D eigenvalue weighted by Crippen LogP contribution is -2.49. The highest BCUT2D eigenvalue weighted by Crippen LogP contribution is 2.33. The lowest BCUT2D eigenvalue weighted by atomic mass is 10.1. The number of nitrogens with zero attached hydrogens (tertiary/aromatic N) is 2. The van der Waals surface area contributed by atoms with E-state index in [1.807, 2.05) is 12.1 Å². The minimum absolute atomic E-state index is 0.0792. The second-order valence-electron chi connectivity index (χ2n) is 4.90. The highest BCUT2D eigenvalue weighted by atomic mass is 16.6. The summed E-state index contributed by atoms with van der Waals surface area (Å²) in [6.07, 6.45) is -0.689. The number of benzene rings is 1. The van der Waals surface area contributed by atoms with E-state index < -0.39 is 6.10 Å². The van der Waals surface area contributed by atoms with Gasteiger partial charge in [0.05, 0.1) is 0 Å². The number of nitrogens with two attached hydrogens (primary N) is 1. The second-order valence-corrected chi connectivity index (χ2v) is 4.90. The number of hydrogen-bond acceptors (Lipinski definition) is 7. The molecule has 0 aliphatic carbocycles. The van der Waals surface area contributed by atoms with Crippen LogP contribution in [0.1, 0.15) is 12.8 Å². The van der Waals surface area contributed by atoms with Crippen molar-refractivity contribution in [2.75, 3.05) is 12.3 Å². The predicted molar refractivity (Wildman–Crippen MR) is 76.4 cm³/mol. The standard InChI is InChI=1S/C14H16N4O4/c1-8-12(21-10-5-3-2-4-9(10)20-8)13(19)16-7-6-11-17-14(15)18-22-11/h2-5,8,12H,6-7H2,1H3,(H2,15,18)(H,16,19)/t8-,12+/m0/s1. The maximum absolute atomic E-state index is 12.2. The van der Waals surface area contributed by atoms with E-state index in [9.17, 15) is 4.79 Å². The molecule has 22 heavy (non-hydrogen) atoms. The highest BCUT2D eigenvalue weighted by molar-refractivity contribution is 5.82. The zero-order chi connectivity index (χ0) is 15.5. The summed E-state index contributed by atoms with van der Waals surface area (Å²) in [4.78, 5) is 16.1. The van der Waals surface area contributed by atoms with Gasteiger partial charge in [0.1, 0.15) is 6.10 Å². The number of fused-ring (bicyclic) bond motifs is 1. The van der Waals surface area contributed by atoms with Gasteiger partial charge < -0.3 is 25.0 Å². The third-order valence-corrected chi connectivity index (χ3v) is 3.22. The van der Waals surface area contributed by atoms with Crippen LogP contribution >= 0.6 is 0 Å². The molecule has 1 aliphatic rings. The van der Waals surface area contributed by atoms with Gasteiger partial charge in [0, 0.05) is 13.0 Å². The molecule has 0 saturated heterocycles. The van der Waals surface area contributed by atoms with Crippen LogP contribution in [0.4, 0.5) is 5.95 Å². The van der Waals surface area contributed by atoms with Crippen LogP contribution < -0.4 is 20.5 Å². The van der Waals surface area contributed by atoms with E-state index in [4.69, 9.17) is 19.7 Å². The molecule has 2 heterocycles. The molecule has 8 heteroatoms. The molecule has 0 fully saturated rings. The molecule has 2 aromatic rings. The molecule has 0 saturated carbocycles. The number of amides is 1. The number of nitrogen functional groups attached to an aromatic ring is 1. The number of para-hydroxylation sites is 2. The summed E-state index contributed by atoms with van der Waals surface area (Å²) in [7, 11) is 0. The van der Waals surface area contributed by atoms with Gasteiger partial charge in [0.2, 0.25) is 12.0 Å². The largest absolute Gasteiger partial charge is 0.482 e. The van der Waals surface area contributed by atoms with Crippen molar-refractivity contribution in [3.8, 4) is 11.5 Å². The van der Waals surface area contributed by atoms with E-state index >= 15 is 0 Å². The normalized spacial score (nSPS) is 19.7. The van der Waals surface area contributed by atoms with Gasteiger partial charge in [-0.3, -0.25) is 4.79 Å². The monoisotopic (exact) mass is 304 g/mol. The number of carbonyl (C=O) groups is 1. The zero-order valence-electron chi connectivity index (χ0n) is 12.0. The Morgan fingerprint density at radius 2 is 2.05 bits per heavy atom. The van der Waals surface area contributed by atoms with Crippen molar-refractivity contribution in [3.05, 3.63) is 30.2 Å². The zero-order valence-corrected chi connectivity index (χ0v) is 12.0. The van der Waals surface area contributed by atoms with Crippen molar-refractivity contribution in [1.82, 2.24) is 15.5 Å². The lowest BCUT2D eigenvalue weighted by Gasteiger charge is -2.30. The van der Waals surface area contributed by atoms with Crippen LogP contribution in [0.25, 0.3) is 0 Å². The predicted octanol–water partition coefficient (Wildman–Crippen LogP) is 0.539. The molecule has 0 radical (unpaired) electrons. The van der Waals surface area contributed by atoms with E-state index in [0.717, 1.165) is 0 Å². The summed E-state index contributed by atoms with van der Waals surface area (Å²) in [6.45, 7) is 2.13. The van der Waals surface area contributed by atoms with Crippen molar-refractivity contribution >= 4 is 11.9 Å². The molecule has 1 aliphatic heterocycles. The van der Waals surface area contributed by atoms with Crippen molar-refractivity contribution in [2.24, 2.45) is 0 Å². The fraction of sp³-hybridized carbons (Fsp3) is 0.357. The van der Waals surface area contributed by atoms with Crippen LogP contribution in [0.2, 0.25) is 0 Å². The topological polar surface area (TPSA) is 112 Å². The summed E-state index contributed by atoms with van der Waals surface area (Å²) in [5, 5.41) is 6.23. The molecule has 116 valence electrons. The molecule has 1 amide bonds. The Balaban J connectivity index is 1.56. The third-order valence-electron chi connectivity index (χ3n) is 3.22. The molecule has 0 unspecified atom stereocenters. The number of ether oxygens (including phenoxy) is 2. The Kier molecular flexibility index (Phi) is 3.82. The second kappa shape index (κ2) is 5.92. The van der Waals surface area contributed by atoms with Gasteiger partial charge in [-0.25, -0.2) is 0 Å². The van der Waals surface area contributed by atoms with E-state index in [0.29, 0.717) is 30.4 Å². The maximum Gasteiger partial charge on any atom is 0.265 e. The summed E-state index contributed by atoms with van der Waals surface area (Å²) in [5.41, 5.74) is 5.35. The van der Waals surface area contributed by atoms with Gasteiger partial charge in [-0.1, -0.05) is 12.1 Å². The smallest absolute Gasteiger partial charge is 0.265 e. The van der Waals surface area contributed by atoms with Gasteiger partial charge in [-0.05, 0) is 24.2 Å². The van der Waals surface area contributed by atoms with Gasteiger partial charge in [0.25, 0.3) is 11.9 Å². The Hall–Kier alpha value is -2.77. The van der Waals surface area contributed by atoms with Crippen molar-refractivity contribution in [3.63, 3.8) is 0 Å². The summed E-state index contributed by atoms with van der Waals surface area (Å²) in [6, 6.07) is 7.25. The average Bonchev–Trinajstić information content (AvgIpc) is 2.92. The van der Waals surface area contributed by atoms with Crippen molar-refractivity contribution in [1.29, 1.82) is 0 Å². The number of nitrogens with one attached hydrogen (secondary N) is 1. The van der Waals surface area contributed by atoms with Gasteiger partial charge in [-0.15, -0.1) is 0 Å². The van der Waals surface area contributed by atoms with E-state index in [-0.39, 0.29) is 18.0 Å². The Morgan fingerprint density at radius 1 is 1.32 bits per heavy atom. The number of carbonyl (C=O) groups excluding carboxylic acids is 1. The van der Waals surface area contributed by atoms with E-state index in [2.05, 4.69) is 15.5 Å². The molecular formula is C14H16N4O4. The first-order valence-corrected chi connectivity index (χ1v) is 6.91. The van der Waals surface area contributed by atoms with Crippen LogP contribution in [0.3, 0.4) is 0 Å². The van der Waals surface area contributed by atoms with Gasteiger partial charge in [0.15, 0.2) is 11.5 Å². The Labute approximate surface area is 126 Å². The molecule has 0 spiro atoms. The molecule has 1 aromatic carbocycles. The molecule has 3 N–H and O–H groups in total. The fourth-order valence-corrected chi connectivity index (χ4v) is 2.17. The minimum atomic E-state index is -0.706. The number of hydrogen-bond donors (Lipinski definition) is 2. The number of aromatic nitrogens is 2. The Bertz CT molecular complexity index is 672. The molecule has 0 bridgehead atoms. The number of anilines is 1. The van der Waals surface area contributed by atoms with Crippen LogP contribution in [0.15, 0.2) is 28.8 Å². The lowest BCUT2D eigenvalue weighted by molar-refractivity contribution is -0.133. The fourth-order valence-electron chi connectivity index (χ4n) is 2.17. The third kappa shape index (κ3) is 2.95. The van der Waals surface area contributed by atoms with E-state index in [1.54, 1.807) is 19.1 Å². The molecule has 2 atom stereocenters. The van der Waals surface area contributed by atoms with Crippen molar-refractivity contribution < 1.29 is 18.8 Å². The van der Waals surface area contributed by atoms with Gasteiger partial charge in [-0.2, -0.15) is 4.98 Å². The minimum Gasteiger partial charge on any atom is -0.482 e. The number of rotatable bonds is 4. The summed E-state index contributed by atoms with van der Waals surface area (Å²) < 4.78 is 16.3. The van der Waals surface area contributed by atoms with Crippen LogP contribution in [0, 0.1) is 0 Å². The molecule has 3 rings (SSSR count). The highest BCUT2D eigenvalue weighted by Gasteiger charge is 2.33. The SMILES string of the molecule is C[C@@H]1Oc2ccccc2O[C@H]1C(=O)NCCc1nc(N)no1. The summed E-state index contributed by atoms with van der Waals surface area (Å²) in [5.74, 6) is 1.40. The first-order chi connectivity index (χ1) is 10.6. The first-order valence-electron chi connectivity index (χ1n) is 6.91. The molecule has 1 aromatic heterocycles. The van der Waals surface area contributed by atoms with Crippen molar-refractivity contribution in [2.45, 2.75) is 25.6 Å². The van der Waals surface area contributed by atoms with Crippen LogP contribution in [0.5, 0.6) is 11.5 Å². The molecule has 8 nitrogen and oxygen atoms in total.